The predicted molar refractivity (Wildman–Crippen MR) is 49.5 cm³/mol. The molecule has 1 aromatic rings. The highest BCUT2D eigenvalue weighted by atomic mass is 35.5. The Labute approximate surface area is 79.8 Å². The smallest absolute Gasteiger partial charge is 0.152 e. The molecule has 0 unspecified atom stereocenters. The van der Waals surface area contributed by atoms with Crippen LogP contribution >= 0.6 is 11.6 Å². The number of benzene rings is 1. The van der Waals surface area contributed by atoms with E-state index in [1.807, 2.05) is 0 Å². The Kier molecular flexibility index (Phi) is 3.01. The van der Waals surface area contributed by atoms with E-state index in [9.17, 15) is 8.78 Å². The van der Waals surface area contributed by atoms with Crippen LogP contribution < -0.4 is 5.73 Å². The molecule has 0 heterocycles. The minimum Gasteiger partial charge on any atom is -0.326 e. The molecule has 0 bridgehead atoms. The molecule has 0 saturated heterocycles. The molecule has 13 heavy (non-hydrogen) atoms. The van der Waals surface area contributed by atoms with Crippen molar-refractivity contribution in [3.8, 4) is 0 Å². The maximum absolute atomic E-state index is 13.2. The summed E-state index contributed by atoms with van der Waals surface area (Å²) < 4.78 is 25.9. The molecular formula is C9H8ClF2N. The molecule has 0 amide bonds. The standard InChI is InChI=1S/C9H8ClF2N/c1-5(4-13)6-2-3-7(11)8(10)9(6)12/h2-3H,1,4,13H2. The zero-order valence-electron chi connectivity index (χ0n) is 6.78. The van der Waals surface area contributed by atoms with Crippen molar-refractivity contribution >= 4 is 17.2 Å². The number of hydrogen-bond donors (Lipinski definition) is 1. The van der Waals surface area contributed by atoms with E-state index >= 15 is 0 Å². The Morgan fingerprint density at radius 3 is 2.62 bits per heavy atom. The van der Waals surface area contributed by atoms with Crippen LogP contribution in [0.2, 0.25) is 5.02 Å². The van der Waals surface area contributed by atoms with Crippen molar-refractivity contribution in [3.63, 3.8) is 0 Å². The minimum absolute atomic E-state index is 0.110. The molecule has 0 spiro atoms. The summed E-state index contributed by atoms with van der Waals surface area (Å²) in [7, 11) is 0. The van der Waals surface area contributed by atoms with Crippen molar-refractivity contribution < 1.29 is 8.78 Å². The molecule has 1 rings (SSSR count). The molecule has 0 atom stereocenters. The molecule has 0 saturated carbocycles. The maximum Gasteiger partial charge on any atom is 0.152 e. The molecule has 0 aliphatic rings. The highest BCUT2D eigenvalue weighted by molar-refractivity contribution is 6.31. The number of halogens is 3. The Hall–Kier alpha value is -0.930. The molecule has 4 heteroatoms. The summed E-state index contributed by atoms with van der Waals surface area (Å²) in [5, 5.41) is -0.521. The van der Waals surface area contributed by atoms with Crippen LogP contribution in [0.15, 0.2) is 18.7 Å². The lowest BCUT2D eigenvalue weighted by Crippen LogP contribution is -2.03. The van der Waals surface area contributed by atoms with Gasteiger partial charge in [0.1, 0.15) is 10.8 Å². The average Bonchev–Trinajstić information content (AvgIpc) is 2.13. The topological polar surface area (TPSA) is 26.0 Å². The Morgan fingerprint density at radius 1 is 1.46 bits per heavy atom. The van der Waals surface area contributed by atoms with Crippen LogP contribution in [0.1, 0.15) is 5.56 Å². The summed E-state index contributed by atoms with van der Waals surface area (Å²) in [4.78, 5) is 0. The first-order valence-electron chi connectivity index (χ1n) is 3.59. The largest absolute Gasteiger partial charge is 0.326 e. The zero-order valence-corrected chi connectivity index (χ0v) is 7.54. The molecule has 0 aliphatic carbocycles. The molecular weight excluding hydrogens is 196 g/mol. The summed E-state index contributed by atoms with van der Waals surface area (Å²) in [6, 6.07) is 2.35. The van der Waals surface area contributed by atoms with E-state index < -0.39 is 16.7 Å². The number of nitrogens with two attached hydrogens (primary N) is 1. The predicted octanol–water partition coefficient (Wildman–Crippen LogP) is 2.59. The lowest BCUT2D eigenvalue weighted by molar-refractivity contribution is 0.581. The second-order valence-electron chi connectivity index (χ2n) is 2.53. The van der Waals surface area contributed by atoms with E-state index in [2.05, 4.69) is 6.58 Å². The third kappa shape index (κ3) is 1.87. The van der Waals surface area contributed by atoms with Gasteiger partial charge in [0.25, 0.3) is 0 Å². The van der Waals surface area contributed by atoms with Crippen molar-refractivity contribution in [3.05, 3.63) is 40.9 Å². The number of rotatable bonds is 2. The molecule has 2 N–H and O–H groups in total. The highest BCUT2D eigenvalue weighted by Gasteiger charge is 2.12. The van der Waals surface area contributed by atoms with Crippen LogP contribution in [-0.2, 0) is 0 Å². The van der Waals surface area contributed by atoms with E-state index in [0.29, 0.717) is 5.57 Å². The van der Waals surface area contributed by atoms with Gasteiger partial charge in [-0.3, -0.25) is 0 Å². The summed E-state index contributed by atoms with van der Waals surface area (Å²) in [6.45, 7) is 3.64. The van der Waals surface area contributed by atoms with Gasteiger partial charge in [0.2, 0.25) is 0 Å². The molecule has 0 fully saturated rings. The van der Waals surface area contributed by atoms with E-state index in [1.54, 1.807) is 0 Å². The quantitative estimate of drug-likeness (QED) is 0.735. The Balaban J connectivity index is 3.26. The maximum atomic E-state index is 13.2. The van der Waals surface area contributed by atoms with Gasteiger partial charge in [-0.15, -0.1) is 0 Å². The second-order valence-corrected chi connectivity index (χ2v) is 2.91. The lowest BCUT2D eigenvalue weighted by atomic mass is 10.1. The first kappa shape index (κ1) is 10.2. The number of hydrogen-bond acceptors (Lipinski definition) is 1. The second kappa shape index (κ2) is 3.85. The van der Waals surface area contributed by atoms with Crippen LogP contribution in [0.5, 0.6) is 0 Å². The van der Waals surface area contributed by atoms with Crippen molar-refractivity contribution in [2.24, 2.45) is 5.73 Å². The van der Waals surface area contributed by atoms with Crippen LogP contribution in [0.3, 0.4) is 0 Å². The van der Waals surface area contributed by atoms with Crippen LogP contribution in [-0.4, -0.2) is 6.54 Å². The normalized spacial score (nSPS) is 10.2. The van der Waals surface area contributed by atoms with Gasteiger partial charge in [0.05, 0.1) is 0 Å². The molecule has 1 aromatic carbocycles. The van der Waals surface area contributed by atoms with Crippen molar-refractivity contribution in [1.29, 1.82) is 0 Å². The molecule has 0 aromatic heterocycles. The fourth-order valence-corrected chi connectivity index (χ4v) is 1.07. The summed E-state index contributed by atoms with van der Waals surface area (Å²) in [5.41, 5.74) is 5.81. The monoisotopic (exact) mass is 203 g/mol. The van der Waals surface area contributed by atoms with Crippen molar-refractivity contribution in [2.75, 3.05) is 6.54 Å². The van der Waals surface area contributed by atoms with Crippen molar-refractivity contribution in [2.45, 2.75) is 0 Å². The molecule has 70 valence electrons. The first-order valence-corrected chi connectivity index (χ1v) is 3.97. The summed E-state index contributed by atoms with van der Waals surface area (Å²) in [6.07, 6.45) is 0. The van der Waals surface area contributed by atoms with Gasteiger partial charge in [-0.1, -0.05) is 18.2 Å². The molecule has 0 aliphatic heterocycles. The minimum atomic E-state index is -0.808. The Morgan fingerprint density at radius 2 is 2.08 bits per heavy atom. The fraction of sp³-hybridized carbons (Fsp3) is 0.111. The average molecular weight is 204 g/mol. The molecule has 1 nitrogen and oxygen atoms in total. The highest BCUT2D eigenvalue weighted by Crippen LogP contribution is 2.25. The van der Waals surface area contributed by atoms with Crippen LogP contribution in [0.4, 0.5) is 8.78 Å². The zero-order chi connectivity index (χ0) is 10.0. The Bertz CT molecular complexity index is 350. The fourth-order valence-electron chi connectivity index (χ4n) is 0.909. The van der Waals surface area contributed by atoms with E-state index in [1.165, 1.54) is 6.07 Å². The summed E-state index contributed by atoms with van der Waals surface area (Å²) >= 11 is 5.35. The van der Waals surface area contributed by atoms with E-state index in [-0.39, 0.29) is 12.1 Å². The van der Waals surface area contributed by atoms with Crippen LogP contribution in [0.25, 0.3) is 5.57 Å². The third-order valence-corrected chi connectivity index (χ3v) is 2.01. The third-order valence-electron chi connectivity index (χ3n) is 1.66. The van der Waals surface area contributed by atoms with Crippen molar-refractivity contribution in [1.82, 2.24) is 0 Å². The van der Waals surface area contributed by atoms with E-state index in [4.69, 9.17) is 17.3 Å². The van der Waals surface area contributed by atoms with Gasteiger partial charge >= 0.3 is 0 Å². The van der Waals surface area contributed by atoms with Gasteiger partial charge in [0, 0.05) is 12.1 Å². The van der Waals surface area contributed by atoms with Gasteiger partial charge in [-0.05, 0) is 17.7 Å². The van der Waals surface area contributed by atoms with E-state index in [0.717, 1.165) is 6.07 Å². The lowest BCUT2D eigenvalue weighted by Gasteiger charge is -2.05. The van der Waals surface area contributed by atoms with Gasteiger partial charge in [-0.25, -0.2) is 8.78 Å². The molecule has 0 radical (unpaired) electrons. The van der Waals surface area contributed by atoms with Gasteiger partial charge < -0.3 is 5.73 Å². The van der Waals surface area contributed by atoms with Gasteiger partial charge in [-0.2, -0.15) is 0 Å². The first-order chi connectivity index (χ1) is 6.07. The summed E-state index contributed by atoms with van der Waals surface area (Å²) in [5.74, 6) is -1.59. The van der Waals surface area contributed by atoms with Crippen LogP contribution in [0, 0.1) is 11.6 Å². The van der Waals surface area contributed by atoms with Gasteiger partial charge in [0.15, 0.2) is 5.82 Å². The SMILES string of the molecule is C=C(CN)c1ccc(F)c(Cl)c1F.